The summed E-state index contributed by atoms with van der Waals surface area (Å²) in [7, 11) is 0. The van der Waals surface area contributed by atoms with E-state index < -0.39 is 0 Å². The van der Waals surface area contributed by atoms with Gasteiger partial charge in [-0.1, -0.05) is 0 Å². The Hall–Kier alpha value is -0.0400. The molecule has 0 aromatic rings. The van der Waals surface area contributed by atoms with E-state index in [0.29, 0.717) is 5.54 Å². The molecule has 0 aromatic carbocycles. The number of hydrogen-bond donors (Lipinski definition) is 1. The molecule has 0 unspecified atom stereocenters. The van der Waals surface area contributed by atoms with Gasteiger partial charge in [-0.3, -0.25) is 0 Å². The van der Waals surface area contributed by atoms with Gasteiger partial charge >= 0.3 is 0 Å². The minimum Gasteiger partial charge on any atom is -0.311 e. The van der Waals surface area contributed by atoms with E-state index in [1.807, 2.05) is 0 Å². The number of fused-ring (bicyclic) bond motifs is 1. The Morgan fingerprint density at radius 1 is 1.57 bits per heavy atom. The summed E-state index contributed by atoms with van der Waals surface area (Å²) in [5, 5.41) is 3.47. The van der Waals surface area contributed by atoms with Crippen molar-refractivity contribution in [2.45, 2.75) is 25.3 Å². The first-order chi connectivity index (χ1) is 3.29. The third-order valence-corrected chi connectivity index (χ3v) is 2.30. The molecular formula is C6H11N. The zero-order valence-corrected chi connectivity index (χ0v) is 4.70. The van der Waals surface area contributed by atoms with Crippen molar-refractivity contribution < 1.29 is 0 Å². The molecule has 0 aromatic heterocycles. The van der Waals surface area contributed by atoms with Gasteiger partial charge in [-0.25, -0.2) is 0 Å². The Morgan fingerprint density at radius 3 is 2.43 bits per heavy atom. The molecule has 2 heterocycles. The SMILES string of the molecule is CC12CC(CN1)C2. The third-order valence-electron chi connectivity index (χ3n) is 2.30. The minimum atomic E-state index is 0.588. The quantitative estimate of drug-likeness (QED) is 0.470. The molecule has 3 rings (SSSR count). The number of hydrogen-bond acceptors (Lipinski definition) is 1. The van der Waals surface area contributed by atoms with Crippen LogP contribution in [0.4, 0.5) is 0 Å². The summed E-state index contributed by atoms with van der Waals surface area (Å²) < 4.78 is 0. The molecule has 1 N–H and O–H groups in total. The van der Waals surface area contributed by atoms with Gasteiger partial charge in [0.2, 0.25) is 0 Å². The number of nitrogens with one attached hydrogen (secondary N) is 1. The topological polar surface area (TPSA) is 12.0 Å². The Balaban J connectivity index is 2.20. The Kier molecular flexibility index (Phi) is 0.487. The van der Waals surface area contributed by atoms with Crippen molar-refractivity contribution in [3.8, 4) is 0 Å². The number of rotatable bonds is 0. The lowest BCUT2D eigenvalue weighted by Crippen LogP contribution is -2.39. The van der Waals surface area contributed by atoms with E-state index in [2.05, 4.69) is 12.2 Å². The van der Waals surface area contributed by atoms with Crippen LogP contribution in [0.1, 0.15) is 19.8 Å². The van der Waals surface area contributed by atoms with Gasteiger partial charge in [0.05, 0.1) is 0 Å². The molecule has 0 amide bonds. The van der Waals surface area contributed by atoms with Crippen LogP contribution in [0.25, 0.3) is 0 Å². The second kappa shape index (κ2) is 0.873. The highest BCUT2D eigenvalue weighted by Gasteiger charge is 2.45. The fourth-order valence-electron chi connectivity index (χ4n) is 1.89. The smallest absolute Gasteiger partial charge is 0.0159 e. The van der Waals surface area contributed by atoms with Gasteiger partial charge in [-0.15, -0.1) is 0 Å². The van der Waals surface area contributed by atoms with Crippen molar-refractivity contribution in [1.82, 2.24) is 5.32 Å². The molecule has 0 radical (unpaired) electrons. The first-order valence-electron chi connectivity index (χ1n) is 3.04. The van der Waals surface area contributed by atoms with Crippen LogP contribution in [0.2, 0.25) is 0 Å². The minimum absolute atomic E-state index is 0.588. The molecule has 2 bridgehead atoms. The van der Waals surface area contributed by atoms with E-state index in [9.17, 15) is 0 Å². The lowest BCUT2D eigenvalue weighted by atomic mass is 9.75. The van der Waals surface area contributed by atoms with E-state index in [1.54, 1.807) is 0 Å². The normalized spacial score (nSPS) is 57.0. The van der Waals surface area contributed by atoms with Gasteiger partial charge < -0.3 is 5.32 Å². The Labute approximate surface area is 44.1 Å². The fraction of sp³-hybridized carbons (Fsp3) is 1.00. The molecule has 0 spiro atoms. The molecule has 40 valence electrons. The Morgan fingerprint density at radius 2 is 2.29 bits per heavy atom. The summed E-state index contributed by atoms with van der Waals surface area (Å²) in [5.41, 5.74) is 0.588. The van der Waals surface area contributed by atoms with Crippen molar-refractivity contribution >= 4 is 0 Å². The highest BCUT2D eigenvalue weighted by Crippen LogP contribution is 2.42. The van der Waals surface area contributed by atoms with E-state index in [1.165, 1.54) is 19.4 Å². The highest BCUT2D eigenvalue weighted by molar-refractivity contribution is 5.04. The standard InChI is InChI=1S/C6H11N/c1-6-2-5(3-6)4-7-6/h5,7H,2-4H2,1H3. The summed E-state index contributed by atoms with van der Waals surface area (Å²) in [5.74, 6) is 1.05. The molecule has 1 saturated carbocycles. The van der Waals surface area contributed by atoms with E-state index in [0.717, 1.165) is 5.92 Å². The second-order valence-electron chi connectivity index (χ2n) is 3.22. The van der Waals surface area contributed by atoms with E-state index >= 15 is 0 Å². The maximum absolute atomic E-state index is 3.47. The van der Waals surface area contributed by atoms with Crippen LogP contribution in [0, 0.1) is 5.92 Å². The molecule has 1 nitrogen and oxygen atoms in total. The lowest BCUT2D eigenvalue weighted by Gasteiger charge is -2.33. The van der Waals surface area contributed by atoms with Crippen LogP contribution < -0.4 is 5.32 Å². The average molecular weight is 97.2 g/mol. The van der Waals surface area contributed by atoms with Gasteiger partial charge in [0.1, 0.15) is 0 Å². The van der Waals surface area contributed by atoms with Gasteiger partial charge in [-0.2, -0.15) is 0 Å². The van der Waals surface area contributed by atoms with E-state index in [-0.39, 0.29) is 0 Å². The largest absolute Gasteiger partial charge is 0.311 e. The van der Waals surface area contributed by atoms with Crippen LogP contribution >= 0.6 is 0 Å². The van der Waals surface area contributed by atoms with Crippen molar-refractivity contribution in [1.29, 1.82) is 0 Å². The van der Waals surface area contributed by atoms with Gasteiger partial charge in [0.15, 0.2) is 0 Å². The maximum Gasteiger partial charge on any atom is 0.0159 e. The molecule has 3 aliphatic rings. The van der Waals surface area contributed by atoms with Crippen molar-refractivity contribution in [2.24, 2.45) is 5.92 Å². The van der Waals surface area contributed by atoms with Crippen LogP contribution in [0.3, 0.4) is 0 Å². The third kappa shape index (κ3) is 0.367. The van der Waals surface area contributed by atoms with Crippen LogP contribution in [-0.2, 0) is 0 Å². The van der Waals surface area contributed by atoms with Crippen LogP contribution in [-0.4, -0.2) is 12.1 Å². The maximum atomic E-state index is 3.47. The lowest BCUT2D eigenvalue weighted by molar-refractivity contribution is 0.251. The first kappa shape index (κ1) is 3.90. The van der Waals surface area contributed by atoms with Crippen molar-refractivity contribution in [3.05, 3.63) is 0 Å². The van der Waals surface area contributed by atoms with Gasteiger partial charge in [0, 0.05) is 5.54 Å². The predicted octanol–water partition coefficient (Wildman–Crippen LogP) is 0.758. The van der Waals surface area contributed by atoms with Crippen LogP contribution in [0.5, 0.6) is 0 Å². The predicted molar refractivity (Wildman–Crippen MR) is 29.1 cm³/mol. The molecule has 3 fully saturated rings. The van der Waals surface area contributed by atoms with Crippen molar-refractivity contribution in [3.63, 3.8) is 0 Å². The average Bonchev–Trinajstić information content (AvgIpc) is 1.88. The summed E-state index contributed by atoms with van der Waals surface area (Å²) >= 11 is 0. The zero-order chi connectivity index (χ0) is 4.91. The molecule has 1 heteroatoms. The summed E-state index contributed by atoms with van der Waals surface area (Å²) in [4.78, 5) is 0. The van der Waals surface area contributed by atoms with Gasteiger partial charge in [-0.05, 0) is 32.2 Å². The first-order valence-corrected chi connectivity index (χ1v) is 3.04. The zero-order valence-electron chi connectivity index (χ0n) is 4.70. The van der Waals surface area contributed by atoms with Crippen molar-refractivity contribution in [2.75, 3.05) is 6.54 Å². The molecular weight excluding hydrogens is 86.1 g/mol. The monoisotopic (exact) mass is 97.1 g/mol. The molecule has 0 atom stereocenters. The van der Waals surface area contributed by atoms with Crippen LogP contribution in [0.15, 0.2) is 0 Å². The summed E-state index contributed by atoms with van der Waals surface area (Å²) in [6.45, 7) is 3.60. The molecule has 7 heavy (non-hydrogen) atoms. The summed E-state index contributed by atoms with van der Waals surface area (Å²) in [6.07, 6.45) is 2.88. The van der Waals surface area contributed by atoms with E-state index in [4.69, 9.17) is 0 Å². The molecule has 2 aliphatic heterocycles. The Bertz CT molecular complexity index is 86.8. The molecule has 1 aliphatic carbocycles. The van der Waals surface area contributed by atoms with Gasteiger partial charge in [0.25, 0.3) is 0 Å². The summed E-state index contributed by atoms with van der Waals surface area (Å²) in [6, 6.07) is 0. The fourth-order valence-corrected chi connectivity index (χ4v) is 1.89. The second-order valence-corrected chi connectivity index (χ2v) is 3.22. The highest BCUT2D eigenvalue weighted by atomic mass is 15.1. The molecule has 2 saturated heterocycles.